The number of hydrogen-bond acceptors (Lipinski definition) is 3. The molecule has 2 fully saturated rings. The number of hydrogen-bond donors (Lipinski definition) is 0. The zero-order chi connectivity index (χ0) is 18.0. The molecule has 0 aliphatic carbocycles. The third-order valence-electron chi connectivity index (χ3n) is 6.11. The van der Waals surface area contributed by atoms with Gasteiger partial charge in [0.05, 0.1) is 0 Å². The molecule has 1 spiro atoms. The van der Waals surface area contributed by atoms with Crippen molar-refractivity contribution in [2.75, 3.05) is 26.7 Å². The highest BCUT2D eigenvalue weighted by Gasteiger charge is 2.56. The number of imide groups is 1. The molecule has 1 aromatic rings. The molecule has 0 saturated carbocycles. The van der Waals surface area contributed by atoms with E-state index in [9.17, 15) is 9.59 Å². The summed E-state index contributed by atoms with van der Waals surface area (Å²) in [7, 11) is 1.79. The van der Waals surface area contributed by atoms with Gasteiger partial charge in [-0.15, -0.1) is 0 Å². The maximum atomic E-state index is 13.1. The number of nitrogens with zero attached hydrogens (tertiary/aromatic N) is 3. The maximum Gasteiger partial charge on any atom is 0.327 e. The molecule has 25 heavy (non-hydrogen) atoms. The van der Waals surface area contributed by atoms with Gasteiger partial charge in [0.25, 0.3) is 5.91 Å². The summed E-state index contributed by atoms with van der Waals surface area (Å²) >= 11 is 0. The van der Waals surface area contributed by atoms with Crippen molar-refractivity contribution in [1.82, 2.24) is 14.7 Å². The van der Waals surface area contributed by atoms with Gasteiger partial charge in [0, 0.05) is 32.7 Å². The molecule has 0 bridgehead atoms. The molecule has 1 aromatic carbocycles. The lowest BCUT2D eigenvalue weighted by molar-refractivity contribution is -0.135. The van der Waals surface area contributed by atoms with Crippen LogP contribution in [-0.2, 0) is 11.2 Å². The second-order valence-corrected chi connectivity index (χ2v) is 7.36. The largest absolute Gasteiger partial charge is 0.327 e. The number of carbonyl (C=O) groups excluding carboxylic acids is 2. The SMILES string of the molecule is CCC(C)N1CCC2(CC1)C(=O)N(CCc1ccccc1)C(=O)N2C. The van der Waals surface area contributed by atoms with Crippen molar-refractivity contribution in [3.8, 4) is 0 Å². The van der Waals surface area contributed by atoms with Crippen molar-refractivity contribution in [2.24, 2.45) is 0 Å². The molecule has 1 unspecified atom stereocenters. The summed E-state index contributed by atoms with van der Waals surface area (Å²) < 4.78 is 0. The van der Waals surface area contributed by atoms with Gasteiger partial charge in [-0.1, -0.05) is 37.3 Å². The average molecular weight is 343 g/mol. The highest BCUT2D eigenvalue weighted by Crippen LogP contribution is 2.36. The van der Waals surface area contributed by atoms with Gasteiger partial charge in [-0.3, -0.25) is 9.69 Å². The Balaban J connectivity index is 1.68. The minimum atomic E-state index is -0.627. The maximum absolute atomic E-state index is 13.1. The summed E-state index contributed by atoms with van der Waals surface area (Å²) in [6, 6.07) is 10.4. The lowest BCUT2D eigenvalue weighted by Crippen LogP contribution is -2.56. The Morgan fingerprint density at radius 1 is 1.12 bits per heavy atom. The second-order valence-electron chi connectivity index (χ2n) is 7.36. The van der Waals surface area contributed by atoms with Gasteiger partial charge in [-0.25, -0.2) is 4.79 Å². The van der Waals surface area contributed by atoms with Crippen LogP contribution >= 0.6 is 0 Å². The number of carbonyl (C=O) groups is 2. The van der Waals surface area contributed by atoms with Crippen molar-refractivity contribution in [3.05, 3.63) is 35.9 Å². The van der Waals surface area contributed by atoms with E-state index in [1.54, 1.807) is 11.9 Å². The van der Waals surface area contributed by atoms with Crippen LogP contribution in [0.5, 0.6) is 0 Å². The van der Waals surface area contributed by atoms with E-state index in [0.29, 0.717) is 19.0 Å². The molecule has 0 aromatic heterocycles. The first-order valence-electron chi connectivity index (χ1n) is 9.37. The molecule has 3 amide bonds. The first-order chi connectivity index (χ1) is 12.0. The van der Waals surface area contributed by atoms with Gasteiger partial charge in [-0.2, -0.15) is 0 Å². The molecule has 136 valence electrons. The summed E-state index contributed by atoms with van der Waals surface area (Å²) in [6.07, 6.45) is 3.29. The molecule has 0 N–H and O–H groups in total. The highest BCUT2D eigenvalue weighted by molar-refractivity contribution is 6.07. The number of benzene rings is 1. The van der Waals surface area contributed by atoms with Crippen LogP contribution in [0.4, 0.5) is 4.79 Å². The van der Waals surface area contributed by atoms with Crippen molar-refractivity contribution in [1.29, 1.82) is 0 Å². The fraction of sp³-hybridized carbons (Fsp3) is 0.600. The summed E-state index contributed by atoms with van der Waals surface area (Å²) in [4.78, 5) is 31.4. The molecule has 5 nitrogen and oxygen atoms in total. The van der Waals surface area contributed by atoms with Crippen LogP contribution in [0.3, 0.4) is 0 Å². The van der Waals surface area contributed by atoms with E-state index in [1.165, 1.54) is 4.90 Å². The number of likely N-dealkylation sites (N-methyl/N-ethyl adjacent to an activating group) is 1. The number of likely N-dealkylation sites (tertiary alicyclic amines) is 1. The standard InChI is InChI=1S/C20H29N3O2/c1-4-16(2)22-14-11-20(12-15-22)18(24)23(19(25)21(20)3)13-10-17-8-6-5-7-9-17/h5-9,16H,4,10-15H2,1-3H3. The fourth-order valence-electron chi connectivity index (χ4n) is 4.07. The quantitative estimate of drug-likeness (QED) is 0.772. The van der Waals surface area contributed by atoms with E-state index in [1.807, 2.05) is 30.3 Å². The number of piperidine rings is 1. The van der Waals surface area contributed by atoms with Gasteiger partial charge in [0.1, 0.15) is 5.54 Å². The van der Waals surface area contributed by atoms with Gasteiger partial charge in [0.15, 0.2) is 0 Å². The van der Waals surface area contributed by atoms with Crippen LogP contribution in [0.15, 0.2) is 30.3 Å². The zero-order valence-electron chi connectivity index (χ0n) is 15.6. The summed E-state index contributed by atoms with van der Waals surface area (Å²) in [5, 5.41) is 0. The Labute approximate surface area is 150 Å². The van der Waals surface area contributed by atoms with E-state index in [4.69, 9.17) is 0 Å². The first-order valence-corrected chi connectivity index (χ1v) is 9.37. The number of amides is 3. The third-order valence-corrected chi connectivity index (χ3v) is 6.11. The number of rotatable bonds is 5. The van der Waals surface area contributed by atoms with Gasteiger partial charge >= 0.3 is 6.03 Å². The van der Waals surface area contributed by atoms with Gasteiger partial charge < -0.3 is 9.80 Å². The molecule has 0 radical (unpaired) electrons. The predicted octanol–water partition coefficient (Wildman–Crippen LogP) is 2.76. The molecule has 2 aliphatic rings. The van der Waals surface area contributed by atoms with E-state index in [-0.39, 0.29) is 11.9 Å². The topological polar surface area (TPSA) is 43.9 Å². The molecule has 2 heterocycles. The lowest BCUT2D eigenvalue weighted by atomic mass is 9.85. The second kappa shape index (κ2) is 7.16. The Hall–Kier alpha value is -1.88. The summed E-state index contributed by atoms with van der Waals surface area (Å²) in [6.45, 7) is 6.64. The monoisotopic (exact) mass is 343 g/mol. The van der Waals surface area contributed by atoms with Gasteiger partial charge in [0.2, 0.25) is 0 Å². The van der Waals surface area contributed by atoms with E-state index in [2.05, 4.69) is 18.7 Å². The van der Waals surface area contributed by atoms with E-state index < -0.39 is 5.54 Å². The highest BCUT2D eigenvalue weighted by atomic mass is 16.2. The minimum absolute atomic E-state index is 0.000248. The fourth-order valence-corrected chi connectivity index (χ4v) is 4.07. The van der Waals surface area contributed by atoms with Crippen LogP contribution in [0.2, 0.25) is 0 Å². The van der Waals surface area contributed by atoms with Crippen molar-refractivity contribution in [3.63, 3.8) is 0 Å². The molecular weight excluding hydrogens is 314 g/mol. The molecule has 2 saturated heterocycles. The third kappa shape index (κ3) is 3.17. The Kier molecular flexibility index (Phi) is 5.13. The van der Waals surface area contributed by atoms with Gasteiger partial charge in [-0.05, 0) is 38.2 Å². The normalized spacial score (nSPS) is 22.0. The molecular formula is C20H29N3O2. The smallest absolute Gasteiger partial charge is 0.312 e. The van der Waals surface area contributed by atoms with Crippen LogP contribution in [-0.4, -0.2) is 64.9 Å². The van der Waals surface area contributed by atoms with Crippen LogP contribution in [0, 0.1) is 0 Å². The summed E-state index contributed by atoms with van der Waals surface area (Å²) in [5.74, 6) is -0.000248. The molecule has 5 heteroatoms. The lowest BCUT2D eigenvalue weighted by Gasteiger charge is -2.42. The summed E-state index contributed by atoms with van der Waals surface area (Å²) in [5.41, 5.74) is 0.524. The van der Waals surface area contributed by atoms with E-state index >= 15 is 0 Å². The first kappa shape index (κ1) is 17.9. The van der Waals surface area contributed by atoms with Crippen LogP contribution in [0.25, 0.3) is 0 Å². The van der Waals surface area contributed by atoms with E-state index in [0.717, 1.165) is 37.9 Å². The molecule has 2 aliphatic heterocycles. The zero-order valence-corrected chi connectivity index (χ0v) is 15.6. The Morgan fingerprint density at radius 3 is 2.36 bits per heavy atom. The Morgan fingerprint density at radius 2 is 1.76 bits per heavy atom. The molecule has 1 atom stereocenters. The Bertz CT molecular complexity index is 623. The predicted molar refractivity (Wildman–Crippen MR) is 98.3 cm³/mol. The van der Waals surface area contributed by atoms with Crippen molar-refractivity contribution >= 4 is 11.9 Å². The molecule has 3 rings (SSSR count). The van der Waals surface area contributed by atoms with Crippen LogP contribution < -0.4 is 0 Å². The number of urea groups is 1. The minimum Gasteiger partial charge on any atom is -0.312 e. The van der Waals surface area contributed by atoms with Crippen molar-refractivity contribution < 1.29 is 9.59 Å². The van der Waals surface area contributed by atoms with Crippen molar-refractivity contribution in [2.45, 2.75) is 51.1 Å². The average Bonchev–Trinajstić information content (AvgIpc) is 2.82. The van der Waals surface area contributed by atoms with Crippen LogP contribution in [0.1, 0.15) is 38.7 Å².